The van der Waals surface area contributed by atoms with E-state index in [1.54, 1.807) is 6.07 Å². The van der Waals surface area contributed by atoms with Gasteiger partial charge in [0, 0.05) is 11.3 Å². The fourth-order valence-electron chi connectivity index (χ4n) is 1.50. The second kappa shape index (κ2) is 4.98. The van der Waals surface area contributed by atoms with Crippen LogP contribution >= 0.6 is 11.6 Å². The Kier molecular flexibility index (Phi) is 3.57. The molecule has 2 rings (SSSR count). The summed E-state index contributed by atoms with van der Waals surface area (Å²) in [6.07, 6.45) is 0. The molecule has 0 spiro atoms. The average molecular weight is 269 g/mol. The van der Waals surface area contributed by atoms with E-state index in [1.807, 2.05) is 13.8 Å². The highest BCUT2D eigenvalue weighted by atomic mass is 35.5. The SMILES string of the molecule is CC(C)c1cc(Cl)nc(-c2ccc(F)c(F)c2)n1. The van der Waals surface area contributed by atoms with Crippen molar-refractivity contribution in [1.82, 2.24) is 9.97 Å². The van der Waals surface area contributed by atoms with Crippen molar-refractivity contribution in [2.45, 2.75) is 19.8 Å². The van der Waals surface area contributed by atoms with Gasteiger partial charge in [-0.15, -0.1) is 0 Å². The Labute approximate surface area is 109 Å². The number of nitrogens with zero attached hydrogens (tertiary/aromatic N) is 2. The fourth-order valence-corrected chi connectivity index (χ4v) is 1.69. The van der Waals surface area contributed by atoms with Gasteiger partial charge >= 0.3 is 0 Å². The zero-order valence-electron chi connectivity index (χ0n) is 9.92. The molecule has 5 heteroatoms. The highest BCUT2D eigenvalue weighted by Crippen LogP contribution is 2.23. The van der Waals surface area contributed by atoms with Crippen LogP contribution in [0, 0.1) is 11.6 Å². The lowest BCUT2D eigenvalue weighted by molar-refractivity contribution is 0.509. The first-order valence-corrected chi connectivity index (χ1v) is 5.85. The second-order valence-corrected chi connectivity index (χ2v) is 4.61. The predicted molar refractivity (Wildman–Crippen MR) is 66.5 cm³/mol. The second-order valence-electron chi connectivity index (χ2n) is 4.22. The van der Waals surface area contributed by atoms with Crippen LogP contribution in [0.3, 0.4) is 0 Å². The van der Waals surface area contributed by atoms with Crippen LogP contribution in [0.4, 0.5) is 8.78 Å². The minimum absolute atomic E-state index is 0.176. The Bertz CT molecular complexity index is 585. The molecule has 0 fully saturated rings. The highest BCUT2D eigenvalue weighted by Gasteiger charge is 2.10. The largest absolute Gasteiger partial charge is 0.233 e. The minimum atomic E-state index is -0.929. The lowest BCUT2D eigenvalue weighted by atomic mass is 10.1. The summed E-state index contributed by atoms with van der Waals surface area (Å²) < 4.78 is 26.0. The molecular weight excluding hydrogens is 258 g/mol. The van der Waals surface area contributed by atoms with E-state index >= 15 is 0 Å². The number of rotatable bonds is 2. The van der Waals surface area contributed by atoms with Gasteiger partial charge in [0.1, 0.15) is 5.15 Å². The lowest BCUT2D eigenvalue weighted by Gasteiger charge is -2.08. The maximum absolute atomic E-state index is 13.2. The van der Waals surface area contributed by atoms with E-state index in [0.717, 1.165) is 17.8 Å². The molecule has 94 valence electrons. The van der Waals surface area contributed by atoms with Crippen molar-refractivity contribution in [1.29, 1.82) is 0 Å². The Morgan fingerprint density at radius 1 is 1.06 bits per heavy atom. The van der Waals surface area contributed by atoms with Gasteiger partial charge in [0.15, 0.2) is 17.5 Å². The number of benzene rings is 1. The first-order chi connectivity index (χ1) is 8.47. The van der Waals surface area contributed by atoms with Gasteiger partial charge in [-0.3, -0.25) is 0 Å². The maximum Gasteiger partial charge on any atom is 0.161 e. The van der Waals surface area contributed by atoms with Gasteiger partial charge < -0.3 is 0 Å². The van der Waals surface area contributed by atoms with Crippen molar-refractivity contribution in [2.75, 3.05) is 0 Å². The summed E-state index contributed by atoms with van der Waals surface area (Å²) in [5, 5.41) is 0.286. The van der Waals surface area contributed by atoms with Crippen molar-refractivity contribution in [3.05, 3.63) is 46.7 Å². The van der Waals surface area contributed by atoms with Crippen molar-refractivity contribution >= 4 is 11.6 Å². The first-order valence-electron chi connectivity index (χ1n) is 5.47. The van der Waals surface area contributed by atoms with Gasteiger partial charge in [-0.05, 0) is 30.2 Å². The summed E-state index contributed by atoms with van der Waals surface area (Å²) in [5.74, 6) is -1.35. The van der Waals surface area contributed by atoms with Crippen LogP contribution in [-0.4, -0.2) is 9.97 Å². The molecule has 0 aliphatic rings. The summed E-state index contributed by atoms with van der Waals surface area (Å²) in [6.45, 7) is 3.93. The molecule has 0 aliphatic carbocycles. The Morgan fingerprint density at radius 3 is 2.39 bits per heavy atom. The zero-order chi connectivity index (χ0) is 13.3. The van der Waals surface area contributed by atoms with Crippen LogP contribution < -0.4 is 0 Å². The van der Waals surface area contributed by atoms with Crippen molar-refractivity contribution in [3.63, 3.8) is 0 Å². The van der Waals surface area contributed by atoms with E-state index in [4.69, 9.17) is 11.6 Å². The lowest BCUT2D eigenvalue weighted by Crippen LogP contribution is -1.98. The minimum Gasteiger partial charge on any atom is -0.233 e. The van der Waals surface area contributed by atoms with E-state index < -0.39 is 11.6 Å². The Morgan fingerprint density at radius 2 is 1.78 bits per heavy atom. The van der Waals surface area contributed by atoms with Crippen LogP contribution in [0.5, 0.6) is 0 Å². The summed E-state index contributed by atoms with van der Waals surface area (Å²) >= 11 is 5.90. The molecule has 18 heavy (non-hydrogen) atoms. The van der Waals surface area contributed by atoms with E-state index in [9.17, 15) is 8.78 Å². The van der Waals surface area contributed by atoms with E-state index in [1.165, 1.54) is 6.07 Å². The van der Waals surface area contributed by atoms with Crippen LogP contribution in [0.1, 0.15) is 25.5 Å². The molecule has 0 bridgehead atoms. The van der Waals surface area contributed by atoms with Gasteiger partial charge in [-0.25, -0.2) is 18.7 Å². The van der Waals surface area contributed by atoms with Crippen LogP contribution in [0.25, 0.3) is 11.4 Å². The monoisotopic (exact) mass is 268 g/mol. The molecule has 0 atom stereocenters. The summed E-state index contributed by atoms with van der Waals surface area (Å²) in [5.41, 5.74) is 1.16. The molecule has 0 N–H and O–H groups in total. The zero-order valence-corrected chi connectivity index (χ0v) is 10.7. The molecule has 2 nitrogen and oxygen atoms in total. The molecule has 2 aromatic rings. The molecule has 0 aliphatic heterocycles. The molecule has 0 amide bonds. The van der Waals surface area contributed by atoms with Crippen LogP contribution in [0.15, 0.2) is 24.3 Å². The molecule has 0 saturated carbocycles. The standard InChI is InChI=1S/C13H11ClF2N2/c1-7(2)11-6-12(14)18-13(17-11)8-3-4-9(15)10(16)5-8/h3-7H,1-2H3. The average Bonchev–Trinajstić information content (AvgIpc) is 2.31. The highest BCUT2D eigenvalue weighted by molar-refractivity contribution is 6.29. The van der Waals surface area contributed by atoms with Crippen molar-refractivity contribution in [2.24, 2.45) is 0 Å². The van der Waals surface area contributed by atoms with Crippen molar-refractivity contribution in [3.8, 4) is 11.4 Å². The summed E-state index contributed by atoms with van der Waals surface area (Å²) in [7, 11) is 0. The third kappa shape index (κ3) is 2.64. The van der Waals surface area contributed by atoms with Gasteiger partial charge in [0.2, 0.25) is 0 Å². The van der Waals surface area contributed by atoms with Crippen LogP contribution in [0.2, 0.25) is 5.15 Å². The molecule has 1 aromatic carbocycles. The van der Waals surface area contributed by atoms with E-state index in [0.29, 0.717) is 11.4 Å². The van der Waals surface area contributed by atoms with Gasteiger partial charge in [-0.1, -0.05) is 25.4 Å². The number of hydrogen-bond donors (Lipinski definition) is 0. The van der Waals surface area contributed by atoms with Gasteiger partial charge in [0.05, 0.1) is 0 Å². The third-order valence-electron chi connectivity index (χ3n) is 2.48. The quantitative estimate of drug-likeness (QED) is 0.763. The number of aromatic nitrogens is 2. The van der Waals surface area contributed by atoms with E-state index in [2.05, 4.69) is 9.97 Å². The fraction of sp³-hybridized carbons (Fsp3) is 0.231. The third-order valence-corrected chi connectivity index (χ3v) is 2.68. The van der Waals surface area contributed by atoms with Gasteiger partial charge in [0.25, 0.3) is 0 Å². The molecule has 1 heterocycles. The smallest absolute Gasteiger partial charge is 0.161 e. The molecule has 0 saturated heterocycles. The van der Waals surface area contributed by atoms with Crippen molar-refractivity contribution < 1.29 is 8.78 Å². The summed E-state index contributed by atoms with van der Waals surface area (Å²) in [4.78, 5) is 8.31. The topological polar surface area (TPSA) is 25.8 Å². The Balaban J connectivity index is 2.53. The van der Waals surface area contributed by atoms with Gasteiger partial charge in [-0.2, -0.15) is 0 Å². The molecular formula is C13H11ClF2N2. The summed E-state index contributed by atoms with van der Waals surface area (Å²) in [6, 6.07) is 5.19. The molecule has 1 aromatic heterocycles. The number of halogens is 3. The number of hydrogen-bond acceptors (Lipinski definition) is 2. The normalized spacial score (nSPS) is 11.0. The Hall–Kier alpha value is -1.55. The van der Waals surface area contributed by atoms with E-state index in [-0.39, 0.29) is 11.1 Å². The molecule has 0 radical (unpaired) electrons. The van der Waals surface area contributed by atoms with Crippen LogP contribution in [-0.2, 0) is 0 Å². The molecule has 0 unspecified atom stereocenters. The first kappa shape index (κ1) is 12.9. The maximum atomic E-state index is 13.2. The predicted octanol–water partition coefficient (Wildman–Crippen LogP) is 4.20.